The summed E-state index contributed by atoms with van der Waals surface area (Å²) >= 11 is 0. The second-order valence-electron chi connectivity index (χ2n) is 11.3. The first kappa shape index (κ1) is 31.6. The van der Waals surface area contributed by atoms with Crippen LogP contribution in [-0.2, 0) is 22.4 Å². The fourth-order valence-corrected chi connectivity index (χ4v) is 5.74. The number of hydrogen-bond acceptors (Lipinski definition) is 6. The fraction of sp³-hybridized carbons (Fsp3) is 0.105. The topological polar surface area (TPSA) is 171 Å². The van der Waals surface area contributed by atoms with Crippen molar-refractivity contribution < 1.29 is 30.0 Å². The zero-order chi connectivity index (χ0) is 33.6. The van der Waals surface area contributed by atoms with E-state index in [1.165, 1.54) is 12.2 Å². The van der Waals surface area contributed by atoms with Gasteiger partial charge in [-0.1, -0.05) is 24.3 Å². The lowest BCUT2D eigenvalue weighted by atomic mass is 9.92. The summed E-state index contributed by atoms with van der Waals surface area (Å²) in [6, 6.07) is 19.7. The molecule has 2 aromatic heterocycles. The highest BCUT2D eigenvalue weighted by Crippen LogP contribution is 2.46. The molecule has 0 bridgehead atoms. The highest BCUT2D eigenvalue weighted by Gasteiger charge is 2.22. The molecule has 6 rings (SSSR count). The van der Waals surface area contributed by atoms with Crippen molar-refractivity contribution >= 4 is 45.8 Å². The first-order valence-electron chi connectivity index (χ1n) is 15.4. The van der Waals surface area contributed by atoms with Crippen LogP contribution in [0.3, 0.4) is 0 Å². The first-order valence-corrected chi connectivity index (χ1v) is 15.4. The Bertz CT molecular complexity index is 2000. The average molecular weight is 643 g/mol. The predicted octanol–water partition coefficient (Wildman–Crippen LogP) is 5.88. The number of amides is 2. The summed E-state index contributed by atoms with van der Waals surface area (Å²) < 4.78 is 0. The lowest BCUT2D eigenvalue weighted by Crippen LogP contribution is -2.23. The smallest absolute Gasteiger partial charge is 0.244 e. The summed E-state index contributed by atoms with van der Waals surface area (Å²) in [5.41, 5.74) is 5.71. The van der Waals surface area contributed by atoms with Crippen LogP contribution in [0.5, 0.6) is 23.0 Å². The number of phenolic OH excluding ortho intramolecular Hbond substituents is 4. The number of phenols is 4. The fourth-order valence-electron chi connectivity index (χ4n) is 5.74. The number of nitrogens with one attached hydrogen (secondary N) is 4. The molecular weight excluding hydrogens is 608 g/mol. The number of fused-ring (bicyclic) bond motifs is 2. The van der Waals surface area contributed by atoms with Gasteiger partial charge >= 0.3 is 0 Å². The van der Waals surface area contributed by atoms with Crippen molar-refractivity contribution in [3.63, 3.8) is 0 Å². The molecule has 0 saturated heterocycles. The SMILES string of the molecule is O=C(C=Cc1ccc(O)cc1)NCCc1c[nH]c2ccc(O)c(-c3c(O)ccc4[nH]cc(CCNC(=O)C=Cc5ccc(O)cc5)c34)c12. The highest BCUT2D eigenvalue weighted by atomic mass is 16.3. The van der Waals surface area contributed by atoms with Crippen LogP contribution in [0.1, 0.15) is 22.3 Å². The summed E-state index contributed by atoms with van der Waals surface area (Å²) in [5.74, 6) is -0.253. The van der Waals surface area contributed by atoms with E-state index < -0.39 is 0 Å². The van der Waals surface area contributed by atoms with Crippen LogP contribution in [-0.4, -0.2) is 55.3 Å². The molecule has 0 aliphatic rings. The van der Waals surface area contributed by atoms with Gasteiger partial charge in [-0.2, -0.15) is 0 Å². The van der Waals surface area contributed by atoms with Crippen molar-refractivity contribution in [1.29, 1.82) is 0 Å². The second kappa shape index (κ2) is 13.9. The minimum Gasteiger partial charge on any atom is -0.508 e. The van der Waals surface area contributed by atoms with Gasteiger partial charge in [0.25, 0.3) is 0 Å². The Kier molecular flexibility index (Phi) is 9.15. The van der Waals surface area contributed by atoms with Crippen molar-refractivity contribution in [3.8, 4) is 34.1 Å². The maximum absolute atomic E-state index is 12.5. The zero-order valence-electron chi connectivity index (χ0n) is 25.8. The number of carbonyl (C=O) groups is 2. The Morgan fingerprint density at radius 2 is 0.958 bits per heavy atom. The van der Waals surface area contributed by atoms with Crippen molar-refractivity contribution in [2.75, 3.05) is 13.1 Å². The van der Waals surface area contributed by atoms with Gasteiger partial charge in [-0.15, -0.1) is 0 Å². The Morgan fingerprint density at radius 3 is 1.35 bits per heavy atom. The molecule has 0 unspecified atom stereocenters. The third-order valence-electron chi connectivity index (χ3n) is 8.09. The van der Waals surface area contributed by atoms with Gasteiger partial charge in [0, 0.05) is 70.6 Å². The van der Waals surface area contributed by atoms with Gasteiger partial charge in [-0.05, 0) is 95.8 Å². The van der Waals surface area contributed by atoms with Crippen LogP contribution in [0.2, 0.25) is 0 Å². The third-order valence-corrected chi connectivity index (χ3v) is 8.09. The molecule has 8 N–H and O–H groups in total. The van der Waals surface area contributed by atoms with Crippen LogP contribution in [0.4, 0.5) is 0 Å². The molecule has 10 heteroatoms. The van der Waals surface area contributed by atoms with Gasteiger partial charge in [0.15, 0.2) is 0 Å². The number of hydrogen-bond donors (Lipinski definition) is 8. The van der Waals surface area contributed by atoms with E-state index in [0.717, 1.165) is 44.1 Å². The van der Waals surface area contributed by atoms with Crippen LogP contribution in [0, 0.1) is 0 Å². The molecular formula is C38H34N4O6. The van der Waals surface area contributed by atoms with Crippen molar-refractivity contribution in [1.82, 2.24) is 20.6 Å². The van der Waals surface area contributed by atoms with Crippen molar-refractivity contribution in [2.24, 2.45) is 0 Å². The van der Waals surface area contributed by atoms with Crippen molar-refractivity contribution in [3.05, 3.63) is 120 Å². The number of aromatic amines is 2. The highest BCUT2D eigenvalue weighted by molar-refractivity contribution is 6.10. The first-order chi connectivity index (χ1) is 23.3. The molecule has 0 aliphatic heterocycles. The van der Waals surface area contributed by atoms with Crippen LogP contribution in [0.25, 0.3) is 45.1 Å². The van der Waals surface area contributed by atoms with E-state index in [0.29, 0.717) is 37.1 Å². The molecule has 4 aromatic carbocycles. The van der Waals surface area contributed by atoms with Gasteiger partial charge in [0.1, 0.15) is 23.0 Å². The molecule has 242 valence electrons. The van der Waals surface area contributed by atoms with Crippen LogP contribution in [0.15, 0.2) is 97.3 Å². The van der Waals surface area contributed by atoms with Gasteiger partial charge in [-0.3, -0.25) is 9.59 Å². The Morgan fingerprint density at radius 1 is 0.562 bits per heavy atom. The number of aromatic nitrogens is 2. The summed E-state index contributed by atoms with van der Waals surface area (Å²) in [6.45, 7) is 0.653. The largest absolute Gasteiger partial charge is 0.508 e. The maximum Gasteiger partial charge on any atom is 0.244 e. The molecule has 10 nitrogen and oxygen atoms in total. The van der Waals surface area contributed by atoms with E-state index in [1.54, 1.807) is 84.9 Å². The van der Waals surface area contributed by atoms with Crippen LogP contribution < -0.4 is 10.6 Å². The summed E-state index contributed by atoms with van der Waals surface area (Å²) in [5, 5.41) is 48.6. The molecule has 0 spiro atoms. The third kappa shape index (κ3) is 7.02. The summed E-state index contributed by atoms with van der Waals surface area (Å²) in [6.07, 6.45) is 10.8. The molecule has 0 radical (unpaired) electrons. The second-order valence-corrected chi connectivity index (χ2v) is 11.3. The van der Waals surface area contributed by atoms with E-state index in [1.807, 2.05) is 12.4 Å². The number of H-pyrrole nitrogens is 2. The minimum absolute atomic E-state index is 0.00756. The van der Waals surface area contributed by atoms with Crippen molar-refractivity contribution in [2.45, 2.75) is 12.8 Å². The van der Waals surface area contributed by atoms with E-state index in [2.05, 4.69) is 20.6 Å². The normalized spacial score (nSPS) is 11.6. The lowest BCUT2D eigenvalue weighted by Gasteiger charge is -2.14. The molecule has 48 heavy (non-hydrogen) atoms. The van der Waals surface area contributed by atoms with E-state index in [4.69, 9.17) is 0 Å². The molecule has 2 heterocycles. The number of carbonyl (C=O) groups excluding carboxylic acids is 2. The molecule has 0 saturated carbocycles. The summed E-state index contributed by atoms with van der Waals surface area (Å²) in [4.78, 5) is 31.5. The number of aromatic hydroxyl groups is 4. The van der Waals surface area contributed by atoms with Gasteiger partial charge in [0.05, 0.1) is 0 Å². The maximum atomic E-state index is 12.5. The van der Waals surface area contributed by atoms with Crippen LogP contribution >= 0.6 is 0 Å². The van der Waals surface area contributed by atoms with E-state index in [-0.39, 0.29) is 34.8 Å². The quantitative estimate of drug-likeness (QED) is 0.0820. The minimum atomic E-state index is -0.270. The molecule has 2 amide bonds. The van der Waals surface area contributed by atoms with Gasteiger partial charge in [-0.25, -0.2) is 0 Å². The monoisotopic (exact) mass is 642 g/mol. The predicted molar refractivity (Wildman–Crippen MR) is 187 cm³/mol. The average Bonchev–Trinajstić information content (AvgIpc) is 3.69. The van der Waals surface area contributed by atoms with Gasteiger partial charge in [0.2, 0.25) is 11.8 Å². The van der Waals surface area contributed by atoms with Gasteiger partial charge < -0.3 is 41.0 Å². The zero-order valence-corrected chi connectivity index (χ0v) is 25.8. The Balaban J connectivity index is 1.21. The molecule has 0 fully saturated rings. The Labute approximate surface area is 275 Å². The molecule has 0 aliphatic carbocycles. The Hall–Kier alpha value is -6.42. The standard InChI is InChI=1S/C38H34N4O6/c43-27-7-1-23(2-8-27)5-15-33(47)39-19-17-25-21-41-29-11-13-31(45)37(35(25)29)38-32(46)14-12-30-36(38)26(22-42-30)18-20-40-34(48)16-6-24-3-9-28(44)10-4-24/h1-16,21-22,41-46H,17-20H2,(H,39,47)(H,40,48). The molecule has 6 aromatic rings. The summed E-state index contributed by atoms with van der Waals surface area (Å²) in [7, 11) is 0. The number of benzene rings is 4. The van der Waals surface area contributed by atoms with E-state index in [9.17, 15) is 30.0 Å². The number of rotatable bonds is 11. The lowest BCUT2D eigenvalue weighted by molar-refractivity contribution is -0.117. The van der Waals surface area contributed by atoms with E-state index >= 15 is 0 Å². The molecule has 0 atom stereocenters.